The molecule has 0 aliphatic carbocycles. The summed E-state index contributed by atoms with van der Waals surface area (Å²) in [6.07, 6.45) is 1.93. The number of rotatable bonds is 5. The number of thioether (sulfide) groups is 1. The van der Waals surface area contributed by atoms with Gasteiger partial charge in [-0.1, -0.05) is 23.7 Å². The number of anilines is 1. The third-order valence-corrected chi connectivity index (χ3v) is 5.07. The molecule has 2 amide bonds. The van der Waals surface area contributed by atoms with Crippen molar-refractivity contribution in [2.45, 2.75) is 18.7 Å². The van der Waals surface area contributed by atoms with Gasteiger partial charge in [0.1, 0.15) is 0 Å². The lowest BCUT2D eigenvalue weighted by Crippen LogP contribution is -2.35. The fourth-order valence-corrected chi connectivity index (χ4v) is 3.00. The lowest BCUT2D eigenvalue weighted by Gasteiger charge is -2.18. The van der Waals surface area contributed by atoms with Crippen molar-refractivity contribution in [2.75, 3.05) is 25.2 Å². The molecule has 0 bridgehead atoms. The van der Waals surface area contributed by atoms with Crippen LogP contribution in [0.1, 0.15) is 21.5 Å². The van der Waals surface area contributed by atoms with E-state index in [1.165, 1.54) is 16.7 Å². The molecule has 0 aromatic heterocycles. The van der Waals surface area contributed by atoms with Gasteiger partial charge in [0.2, 0.25) is 5.91 Å². The molecule has 0 heterocycles. The standard InChI is InChI=1S/C19H21ClN2O2S/c1-12-6-5-7-17(13(12)2)21-18(23)11-22(3)19(24)15-10-14(25-4)8-9-16(15)20/h5-10H,11H2,1-4H3,(H,21,23). The zero-order valence-corrected chi connectivity index (χ0v) is 16.3. The molecule has 0 saturated carbocycles. The van der Waals surface area contributed by atoms with Crippen LogP contribution in [0.4, 0.5) is 5.69 Å². The summed E-state index contributed by atoms with van der Waals surface area (Å²) < 4.78 is 0. The summed E-state index contributed by atoms with van der Waals surface area (Å²) >= 11 is 7.67. The Hall–Kier alpha value is -1.98. The van der Waals surface area contributed by atoms with Crippen LogP contribution in [-0.4, -0.2) is 36.6 Å². The van der Waals surface area contributed by atoms with E-state index in [-0.39, 0.29) is 18.4 Å². The smallest absolute Gasteiger partial charge is 0.255 e. The third-order valence-electron chi connectivity index (χ3n) is 4.01. The Bertz CT molecular complexity index is 808. The Morgan fingerprint density at radius 3 is 2.60 bits per heavy atom. The number of hydrogen-bond donors (Lipinski definition) is 1. The van der Waals surface area contributed by atoms with Crippen molar-refractivity contribution in [3.63, 3.8) is 0 Å². The molecule has 0 radical (unpaired) electrons. The highest BCUT2D eigenvalue weighted by atomic mass is 35.5. The van der Waals surface area contributed by atoms with Crippen LogP contribution in [0.3, 0.4) is 0 Å². The van der Waals surface area contributed by atoms with Crippen molar-refractivity contribution >= 4 is 40.9 Å². The maximum atomic E-state index is 12.6. The van der Waals surface area contributed by atoms with Crippen molar-refractivity contribution in [1.82, 2.24) is 4.90 Å². The molecule has 4 nitrogen and oxygen atoms in total. The van der Waals surface area contributed by atoms with Crippen molar-refractivity contribution in [3.05, 3.63) is 58.1 Å². The summed E-state index contributed by atoms with van der Waals surface area (Å²) in [6, 6.07) is 11.0. The van der Waals surface area contributed by atoms with Crippen LogP contribution in [-0.2, 0) is 4.79 Å². The van der Waals surface area contributed by atoms with E-state index in [0.29, 0.717) is 10.6 Å². The van der Waals surface area contributed by atoms with E-state index < -0.39 is 0 Å². The van der Waals surface area contributed by atoms with E-state index in [9.17, 15) is 9.59 Å². The van der Waals surface area contributed by atoms with Crippen LogP contribution in [0.25, 0.3) is 0 Å². The maximum absolute atomic E-state index is 12.6. The summed E-state index contributed by atoms with van der Waals surface area (Å²) in [5.74, 6) is -0.529. The van der Waals surface area contributed by atoms with Gasteiger partial charge in [-0.25, -0.2) is 0 Å². The zero-order chi connectivity index (χ0) is 18.6. The van der Waals surface area contributed by atoms with Gasteiger partial charge in [0.05, 0.1) is 17.1 Å². The molecule has 0 fully saturated rings. The Kier molecular flexibility index (Phi) is 6.51. The predicted molar refractivity (Wildman–Crippen MR) is 105 cm³/mol. The van der Waals surface area contributed by atoms with E-state index >= 15 is 0 Å². The largest absolute Gasteiger partial charge is 0.332 e. The fraction of sp³-hybridized carbons (Fsp3) is 0.263. The molecular formula is C19H21ClN2O2S. The van der Waals surface area contributed by atoms with Crippen molar-refractivity contribution in [2.24, 2.45) is 0 Å². The SMILES string of the molecule is CSc1ccc(Cl)c(C(=O)N(C)CC(=O)Nc2cccc(C)c2C)c1. The van der Waals surface area contributed by atoms with Crippen molar-refractivity contribution in [1.29, 1.82) is 0 Å². The average Bonchev–Trinajstić information content (AvgIpc) is 2.58. The molecule has 6 heteroatoms. The molecule has 0 spiro atoms. The minimum Gasteiger partial charge on any atom is -0.332 e. The second-order valence-electron chi connectivity index (χ2n) is 5.80. The lowest BCUT2D eigenvalue weighted by atomic mass is 10.1. The van der Waals surface area contributed by atoms with Gasteiger partial charge in [-0.15, -0.1) is 11.8 Å². The second-order valence-corrected chi connectivity index (χ2v) is 7.09. The highest BCUT2D eigenvalue weighted by Gasteiger charge is 2.18. The molecule has 2 rings (SSSR count). The van der Waals surface area contributed by atoms with Gasteiger partial charge in [-0.3, -0.25) is 9.59 Å². The van der Waals surface area contributed by atoms with Crippen LogP contribution in [0.15, 0.2) is 41.3 Å². The van der Waals surface area contributed by atoms with Crippen molar-refractivity contribution < 1.29 is 9.59 Å². The van der Waals surface area contributed by atoms with Crippen LogP contribution >= 0.6 is 23.4 Å². The molecule has 1 N–H and O–H groups in total. The molecule has 25 heavy (non-hydrogen) atoms. The normalized spacial score (nSPS) is 10.4. The minimum atomic E-state index is -0.281. The molecule has 0 unspecified atom stereocenters. The summed E-state index contributed by atoms with van der Waals surface area (Å²) in [7, 11) is 1.59. The number of benzene rings is 2. The quantitative estimate of drug-likeness (QED) is 0.787. The van der Waals surface area contributed by atoms with E-state index in [1.807, 2.05) is 44.4 Å². The van der Waals surface area contributed by atoms with Gasteiger partial charge in [-0.05, 0) is 55.5 Å². The minimum absolute atomic E-state index is 0.0496. The summed E-state index contributed by atoms with van der Waals surface area (Å²) in [4.78, 5) is 27.2. The van der Waals surface area contributed by atoms with Gasteiger partial charge in [0.15, 0.2) is 0 Å². The number of hydrogen-bond acceptors (Lipinski definition) is 3. The molecule has 132 valence electrons. The van der Waals surface area contributed by atoms with E-state index in [1.54, 1.807) is 19.2 Å². The van der Waals surface area contributed by atoms with Crippen LogP contribution in [0.2, 0.25) is 5.02 Å². The molecule has 0 atom stereocenters. The summed E-state index contributed by atoms with van der Waals surface area (Å²) in [5, 5.41) is 3.23. The number of nitrogens with one attached hydrogen (secondary N) is 1. The van der Waals surface area contributed by atoms with Gasteiger partial charge in [0.25, 0.3) is 5.91 Å². The molecular weight excluding hydrogens is 356 g/mol. The number of halogens is 1. The highest BCUT2D eigenvalue weighted by Crippen LogP contribution is 2.24. The number of nitrogens with zero attached hydrogens (tertiary/aromatic N) is 1. The van der Waals surface area contributed by atoms with Gasteiger partial charge in [0, 0.05) is 17.6 Å². The highest BCUT2D eigenvalue weighted by molar-refractivity contribution is 7.98. The fourth-order valence-electron chi connectivity index (χ4n) is 2.36. The lowest BCUT2D eigenvalue weighted by molar-refractivity contribution is -0.116. The summed E-state index contributed by atoms with van der Waals surface area (Å²) in [6.45, 7) is 3.89. The number of carbonyl (C=O) groups is 2. The van der Waals surface area contributed by atoms with Crippen LogP contribution in [0, 0.1) is 13.8 Å². The Morgan fingerprint density at radius 2 is 1.92 bits per heavy atom. The number of carbonyl (C=O) groups excluding carboxylic acids is 2. The first kappa shape index (κ1) is 19.3. The Balaban J connectivity index is 2.08. The molecule has 0 aliphatic heterocycles. The maximum Gasteiger partial charge on any atom is 0.255 e. The zero-order valence-electron chi connectivity index (χ0n) is 14.7. The average molecular weight is 377 g/mol. The number of likely N-dealkylation sites (N-methyl/N-ethyl adjacent to an activating group) is 1. The van der Waals surface area contributed by atoms with Gasteiger partial charge in [-0.2, -0.15) is 0 Å². The first-order chi connectivity index (χ1) is 11.8. The molecule has 0 saturated heterocycles. The number of aryl methyl sites for hydroxylation is 1. The van der Waals surface area contributed by atoms with E-state index in [4.69, 9.17) is 11.6 Å². The predicted octanol–water partition coefficient (Wildman–Crippen LogP) is 4.39. The van der Waals surface area contributed by atoms with Gasteiger partial charge < -0.3 is 10.2 Å². The second kappa shape index (κ2) is 8.41. The van der Waals surface area contributed by atoms with Gasteiger partial charge >= 0.3 is 0 Å². The number of amides is 2. The van der Waals surface area contributed by atoms with Crippen LogP contribution < -0.4 is 5.32 Å². The van der Waals surface area contributed by atoms with E-state index in [2.05, 4.69) is 5.32 Å². The molecule has 0 aliphatic rings. The monoisotopic (exact) mass is 376 g/mol. The van der Waals surface area contributed by atoms with E-state index in [0.717, 1.165) is 21.7 Å². The molecule has 2 aromatic rings. The van der Waals surface area contributed by atoms with Crippen LogP contribution in [0.5, 0.6) is 0 Å². The van der Waals surface area contributed by atoms with Crippen molar-refractivity contribution in [3.8, 4) is 0 Å². The topological polar surface area (TPSA) is 49.4 Å². The third kappa shape index (κ3) is 4.77. The Morgan fingerprint density at radius 1 is 1.20 bits per heavy atom. The first-order valence-corrected chi connectivity index (χ1v) is 9.38. The molecule has 2 aromatic carbocycles. The Labute approximate surface area is 157 Å². The summed E-state index contributed by atoms with van der Waals surface area (Å²) in [5.41, 5.74) is 3.27. The first-order valence-electron chi connectivity index (χ1n) is 7.78.